The third kappa shape index (κ3) is 5.46. The molecule has 2 atom stereocenters. The average Bonchev–Trinajstić information content (AvgIpc) is 2.74. The van der Waals surface area contributed by atoms with Crippen LogP contribution in [0.5, 0.6) is 0 Å². The van der Waals surface area contributed by atoms with Gasteiger partial charge < -0.3 is 19.5 Å². The van der Waals surface area contributed by atoms with Crippen molar-refractivity contribution in [3.05, 3.63) is 45.0 Å². The van der Waals surface area contributed by atoms with Gasteiger partial charge in [-0.2, -0.15) is 0 Å². The molecule has 1 aromatic rings. The molecule has 2 unspecified atom stereocenters. The Kier molecular flexibility index (Phi) is 6.54. The van der Waals surface area contributed by atoms with E-state index in [9.17, 15) is 14.3 Å². The number of nitrogens with zero attached hydrogens (tertiary/aromatic N) is 4. The number of carbonyl (C=O) groups is 1. The summed E-state index contributed by atoms with van der Waals surface area (Å²) in [6.07, 6.45) is -1.66. The first-order valence-corrected chi connectivity index (χ1v) is 8.71. The first-order chi connectivity index (χ1) is 12.6. The molecule has 27 heavy (non-hydrogen) atoms. The smallest absolute Gasteiger partial charge is 0.410 e. The Morgan fingerprint density at radius 2 is 2.30 bits per heavy atom. The molecule has 0 aromatic heterocycles. The first-order valence-electron chi connectivity index (χ1n) is 8.33. The summed E-state index contributed by atoms with van der Waals surface area (Å²) >= 11 is 5.72. The molecule has 0 radical (unpaired) electrons. The standard InChI is InChI=1S/C17H22ClFN4O4/c1-16(2,3)27-15(24)23-6-7-26-14(17(25,10-23)9-21-22-20)11-4-5-12(18)13(19)8-11/h4-5,8,14,25H,6-7,9-10H2,1-3H3. The molecule has 1 fully saturated rings. The summed E-state index contributed by atoms with van der Waals surface area (Å²) in [7, 11) is 0. The van der Waals surface area contributed by atoms with Crippen molar-refractivity contribution in [3.63, 3.8) is 0 Å². The molecule has 1 saturated heterocycles. The molecule has 1 aliphatic rings. The number of amides is 1. The second kappa shape index (κ2) is 8.31. The third-order valence-corrected chi connectivity index (χ3v) is 4.21. The van der Waals surface area contributed by atoms with Gasteiger partial charge in [0.15, 0.2) is 0 Å². The second-order valence-electron chi connectivity index (χ2n) is 7.32. The van der Waals surface area contributed by atoms with Crippen LogP contribution in [0.15, 0.2) is 23.3 Å². The normalized spacial score (nSPS) is 23.3. The van der Waals surface area contributed by atoms with E-state index >= 15 is 0 Å². The largest absolute Gasteiger partial charge is 0.444 e. The fourth-order valence-corrected chi connectivity index (χ4v) is 2.90. The molecule has 1 aliphatic heterocycles. The molecule has 0 spiro atoms. The summed E-state index contributed by atoms with van der Waals surface area (Å²) in [4.78, 5) is 16.4. The van der Waals surface area contributed by atoms with Gasteiger partial charge in [0.25, 0.3) is 0 Å². The van der Waals surface area contributed by atoms with Crippen molar-refractivity contribution in [3.8, 4) is 0 Å². The van der Waals surface area contributed by atoms with Crippen LogP contribution in [0.4, 0.5) is 9.18 Å². The van der Waals surface area contributed by atoms with Crippen LogP contribution in [-0.4, -0.2) is 53.5 Å². The van der Waals surface area contributed by atoms with Crippen LogP contribution in [0.1, 0.15) is 32.4 Å². The monoisotopic (exact) mass is 400 g/mol. The fraction of sp³-hybridized carbons (Fsp3) is 0.588. The number of carbonyl (C=O) groups excluding carboxylic acids is 1. The van der Waals surface area contributed by atoms with Gasteiger partial charge in [-0.05, 0) is 44.0 Å². The van der Waals surface area contributed by atoms with E-state index in [2.05, 4.69) is 10.0 Å². The summed E-state index contributed by atoms with van der Waals surface area (Å²) in [6, 6.07) is 4.01. The maximum absolute atomic E-state index is 13.9. The van der Waals surface area contributed by atoms with Gasteiger partial charge in [0.05, 0.1) is 24.7 Å². The minimum atomic E-state index is -1.78. The van der Waals surface area contributed by atoms with Crippen molar-refractivity contribution in [1.82, 2.24) is 4.90 Å². The van der Waals surface area contributed by atoms with E-state index in [4.69, 9.17) is 26.6 Å². The number of halogens is 2. The van der Waals surface area contributed by atoms with Crippen molar-refractivity contribution in [1.29, 1.82) is 0 Å². The number of azide groups is 1. The van der Waals surface area contributed by atoms with Crippen LogP contribution < -0.4 is 0 Å². The number of hydrogen-bond donors (Lipinski definition) is 1. The summed E-state index contributed by atoms with van der Waals surface area (Å²) in [5.41, 5.74) is 6.49. The molecular weight excluding hydrogens is 379 g/mol. The van der Waals surface area contributed by atoms with Crippen LogP contribution in [0, 0.1) is 5.82 Å². The Labute approximate surface area is 161 Å². The highest BCUT2D eigenvalue weighted by atomic mass is 35.5. The minimum Gasteiger partial charge on any atom is -0.444 e. The summed E-state index contributed by atoms with van der Waals surface area (Å²) in [5.74, 6) is -0.669. The van der Waals surface area contributed by atoms with Crippen molar-refractivity contribution in [2.24, 2.45) is 5.11 Å². The fourth-order valence-electron chi connectivity index (χ4n) is 2.78. The van der Waals surface area contributed by atoms with E-state index in [0.29, 0.717) is 5.56 Å². The van der Waals surface area contributed by atoms with Crippen molar-refractivity contribution >= 4 is 17.7 Å². The summed E-state index contributed by atoms with van der Waals surface area (Å²) in [6.45, 7) is 4.82. The third-order valence-electron chi connectivity index (χ3n) is 3.90. The van der Waals surface area contributed by atoms with Crippen molar-refractivity contribution in [2.75, 3.05) is 26.2 Å². The zero-order valence-electron chi connectivity index (χ0n) is 15.4. The molecule has 8 nitrogen and oxygen atoms in total. The van der Waals surface area contributed by atoms with E-state index in [1.54, 1.807) is 20.8 Å². The van der Waals surface area contributed by atoms with Gasteiger partial charge in [-0.25, -0.2) is 9.18 Å². The van der Waals surface area contributed by atoms with E-state index in [1.807, 2.05) is 0 Å². The van der Waals surface area contributed by atoms with Crippen molar-refractivity contribution in [2.45, 2.75) is 38.1 Å². The van der Waals surface area contributed by atoms with E-state index in [0.717, 1.165) is 6.07 Å². The number of benzene rings is 1. The number of aliphatic hydroxyl groups is 1. The Morgan fingerprint density at radius 3 is 2.89 bits per heavy atom. The van der Waals surface area contributed by atoms with Crippen LogP contribution in [0.2, 0.25) is 5.02 Å². The Hall–Kier alpha value is -2.06. The zero-order chi connectivity index (χ0) is 20.2. The summed E-state index contributed by atoms with van der Waals surface area (Å²) in [5, 5.41) is 14.6. The lowest BCUT2D eigenvalue weighted by Crippen LogP contribution is -2.50. The highest BCUT2D eigenvalue weighted by Gasteiger charge is 2.44. The predicted octanol–water partition coefficient (Wildman–Crippen LogP) is 3.83. The number of ether oxygens (including phenoxy) is 2. The Balaban J connectivity index is 2.35. The molecule has 1 heterocycles. The highest BCUT2D eigenvalue weighted by molar-refractivity contribution is 6.30. The molecule has 0 saturated carbocycles. The van der Waals surface area contributed by atoms with Gasteiger partial charge in [0, 0.05) is 11.5 Å². The number of rotatable bonds is 3. The Bertz CT molecular complexity index is 751. The molecule has 0 bridgehead atoms. The molecule has 1 aromatic carbocycles. The van der Waals surface area contributed by atoms with Gasteiger partial charge in [0.2, 0.25) is 0 Å². The SMILES string of the molecule is CC(C)(C)OC(=O)N1CCOC(c2ccc(Cl)c(F)c2)C(O)(CN=[N+]=[N-])C1. The van der Waals surface area contributed by atoms with Gasteiger partial charge >= 0.3 is 6.09 Å². The number of β-amino-alcohol motifs (C(OH)–C–C–N with tert-alkyl or cyclic N) is 1. The maximum Gasteiger partial charge on any atom is 0.410 e. The molecule has 2 rings (SSSR count). The molecule has 0 aliphatic carbocycles. The van der Waals surface area contributed by atoms with Gasteiger partial charge in [0.1, 0.15) is 23.1 Å². The highest BCUT2D eigenvalue weighted by Crippen LogP contribution is 2.35. The molecule has 1 amide bonds. The van der Waals surface area contributed by atoms with E-state index in [1.165, 1.54) is 17.0 Å². The quantitative estimate of drug-likeness (QED) is 0.472. The molecular formula is C17H22ClFN4O4. The Morgan fingerprint density at radius 1 is 1.59 bits per heavy atom. The van der Waals surface area contributed by atoms with Crippen LogP contribution in [0.3, 0.4) is 0 Å². The first kappa shape index (κ1) is 21.2. The lowest BCUT2D eigenvalue weighted by atomic mass is 9.90. The maximum atomic E-state index is 13.9. The van der Waals surface area contributed by atoms with Crippen LogP contribution in [0.25, 0.3) is 10.4 Å². The van der Waals surface area contributed by atoms with Crippen LogP contribution in [-0.2, 0) is 9.47 Å². The lowest BCUT2D eigenvalue weighted by molar-refractivity contribution is -0.0940. The van der Waals surface area contributed by atoms with E-state index < -0.39 is 29.2 Å². The minimum absolute atomic E-state index is 0.0682. The van der Waals surface area contributed by atoms with Crippen LogP contribution >= 0.6 is 11.6 Å². The number of hydrogen-bond acceptors (Lipinski definition) is 5. The average molecular weight is 401 g/mol. The summed E-state index contributed by atoms with van der Waals surface area (Å²) < 4.78 is 25.0. The zero-order valence-corrected chi connectivity index (χ0v) is 16.1. The topological polar surface area (TPSA) is 108 Å². The second-order valence-corrected chi connectivity index (χ2v) is 7.73. The van der Waals surface area contributed by atoms with Gasteiger partial charge in [-0.1, -0.05) is 22.8 Å². The van der Waals surface area contributed by atoms with Gasteiger partial charge in [-0.15, -0.1) is 0 Å². The lowest BCUT2D eigenvalue weighted by Gasteiger charge is -2.36. The predicted molar refractivity (Wildman–Crippen MR) is 96.9 cm³/mol. The van der Waals surface area contributed by atoms with Crippen molar-refractivity contribution < 1.29 is 23.8 Å². The van der Waals surface area contributed by atoms with Gasteiger partial charge in [-0.3, -0.25) is 0 Å². The molecule has 1 N–H and O–H groups in total. The molecule has 148 valence electrons. The van der Waals surface area contributed by atoms with E-state index in [-0.39, 0.29) is 31.3 Å². The molecule has 10 heteroatoms.